The quantitative estimate of drug-likeness (QED) is 0.273. The molecular weight excluding hydrogens is 638 g/mol. The van der Waals surface area contributed by atoms with Crippen LogP contribution in [0, 0.1) is 0 Å². The van der Waals surface area contributed by atoms with Gasteiger partial charge in [0.1, 0.15) is 0 Å². The molecule has 0 amide bonds. The summed E-state index contributed by atoms with van der Waals surface area (Å²) < 4.78 is 0. The van der Waals surface area contributed by atoms with E-state index < -0.39 is 0 Å². The standard InChI is InChI=1S/Bi.Pd.Pt.HTe.3H/h;;;1H;;;. The van der Waals surface area contributed by atoms with Crippen LogP contribution in [0.5, 0.6) is 0 Å². The van der Waals surface area contributed by atoms with Crippen LogP contribution < -0.4 is 0 Å². The van der Waals surface area contributed by atoms with Crippen molar-refractivity contribution < 1.29 is 41.5 Å². The molecule has 0 atom stereocenters. The third-order valence-corrected chi connectivity index (χ3v) is 0. The van der Waals surface area contributed by atoms with Gasteiger partial charge in [0.25, 0.3) is 0 Å². The van der Waals surface area contributed by atoms with Crippen LogP contribution in [0.15, 0.2) is 0 Å². The Bertz CT molecular complexity index is 8.00. The first-order chi connectivity index (χ1) is 0. The second-order valence-electron chi connectivity index (χ2n) is 0. The summed E-state index contributed by atoms with van der Waals surface area (Å²) in [5, 5.41) is 0. The second-order valence-corrected chi connectivity index (χ2v) is 0. The summed E-state index contributed by atoms with van der Waals surface area (Å²) in [6.45, 7) is 0. The Morgan fingerprint density at radius 2 is 1.00 bits per heavy atom. The molecule has 0 aliphatic rings. The Hall–Kier alpha value is 3.02. The fraction of sp³-hybridized carbons (Fsp3) is 0. The van der Waals surface area contributed by atoms with Crippen LogP contribution in [-0.2, 0) is 41.5 Å². The third kappa shape index (κ3) is 8.90. The maximum absolute atomic E-state index is 0. The van der Waals surface area contributed by atoms with Gasteiger partial charge in [0.05, 0.1) is 0 Å². The van der Waals surface area contributed by atoms with Crippen molar-refractivity contribution in [3.63, 3.8) is 0 Å². The summed E-state index contributed by atoms with van der Waals surface area (Å²) in [5.74, 6) is 0. The Morgan fingerprint density at radius 1 is 1.00 bits per heavy atom. The molecule has 0 rings (SSSR count). The van der Waals surface area contributed by atoms with Crippen molar-refractivity contribution in [1.82, 2.24) is 0 Å². The van der Waals surface area contributed by atoms with E-state index in [2.05, 4.69) is 0 Å². The van der Waals surface area contributed by atoms with Crippen LogP contribution >= 0.6 is 0 Å². The molecular formula is H4BiPdPtTe. The molecule has 0 spiro atoms. The Labute approximate surface area is 89.6 Å². The molecule has 0 unspecified atom stereocenters. The molecule has 0 N–H and O–H groups in total. The van der Waals surface area contributed by atoms with Crippen LogP contribution in [0.3, 0.4) is 0 Å². The molecule has 0 aliphatic carbocycles. The molecule has 0 nitrogen and oxygen atoms in total. The second kappa shape index (κ2) is 16.6. The van der Waals surface area contributed by atoms with Gasteiger partial charge in [-0.25, -0.2) is 0 Å². The van der Waals surface area contributed by atoms with Crippen molar-refractivity contribution in [2.75, 3.05) is 0 Å². The summed E-state index contributed by atoms with van der Waals surface area (Å²) >= 11 is 0. The van der Waals surface area contributed by atoms with Gasteiger partial charge in [0.15, 0.2) is 0 Å². The van der Waals surface area contributed by atoms with Crippen molar-refractivity contribution in [3.8, 4) is 0 Å². The minimum atomic E-state index is 0. The molecule has 4 heteroatoms. The van der Waals surface area contributed by atoms with Crippen molar-refractivity contribution >= 4 is 49.9 Å². The predicted molar refractivity (Wildman–Crippen MR) is 17.1 cm³/mol. The molecule has 0 fully saturated rings. The average Bonchev–Trinajstić information content (AvgIpc) is 0. The van der Waals surface area contributed by atoms with Gasteiger partial charge < -0.3 is 0 Å². The molecule has 4 heavy (non-hydrogen) atoms. The van der Waals surface area contributed by atoms with Crippen LogP contribution in [0.1, 0.15) is 0 Å². The monoisotopic (exact) mass is 644 g/mol. The minimum absolute atomic E-state index is 0. The van der Waals surface area contributed by atoms with E-state index in [0.29, 0.717) is 0 Å². The van der Waals surface area contributed by atoms with Gasteiger partial charge >= 0.3 is 49.9 Å². The van der Waals surface area contributed by atoms with Gasteiger partial charge in [-0.3, -0.25) is 0 Å². The molecule has 0 aromatic rings. The molecule has 35 valence electrons. The summed E-state index contributed by atoms with van der Waals surface area (Å²) in [4.78, 5) is 0. The zero-order valence-electron chi connectivity index (χ0n) is 1.79. The molecule has 0 heterocycles. The van der Waals surface area contributed by atoms with E-state index in [1.165, 1.54) is 0 Å². The van der Waals surface area contributed by atoms with E-state index in [9.17, 15) is 0 Å². The maximum atomic E-state index is 0. The molecule has 0 saturated heterocycles. The van der Waals surface area contributed by atoms with Crippen molar-refractivity contribution in [3.05, 3.63) is 0 Å². The van der Waals surface area contributed by atoms with Crippen molar-refractivity contribution in [2.45, 2.75) is 0 Å². The molecule has 1 radical (unpaired) electrons. The molecule has 0 bridgehead atoms. The topological polar surface area (TPSA) is 0 Å². The first kappa shape index (κ1) is 27.9. The first-order valence-electron chi connectivity index (χ1n) is 0. The summed E-state index contributed by atoms with van der Waals surface area (Å²) in [7, 11) is 0. The number of hydrogen-bond acceptors (Lipinski definition) is 0. The van der Waals surface area contributed by atoms with E-state index in [4.69, 9.17) is 0 Å². The van der Waals surface area contributed by atoms with E-state index in [1.807, 2.05) is 0 Å². The van der Waals surface area contributed by atoms with Gasteiger partial charge in [-0.1, -0.05) is 0 Å². The van der Waals surface area contributed by atoms with Crippen LogP contribution in [0.25, 0.3) is 0 Å². The Morgan fingerprint density at radius 3 is 1.00 bits per heavy atom. The Kier molecular flexibility index (Phi) is 116. The fourth-order valence-corrected chi connectivity index (χ4v) is 0. The van der Waals surface area contributed by atoms with Crippen LogP contribution in [0.2, 0.25) is 0 Å². The van der Waals surface area contributed by atoms with Crippen LogP contribution in [-0.4, -0.2) is 49.9 Å². The SMILES string of the molecule is [BiH3].[Pd].[Pt].[TeH]. The Balaban J connectivity index is 0. The summed E-state index contributed by atoms with van der Waals surface area (Å²) in [6.07, 6.45) is 0. The van der Waals surface area contributed by atoms with Crippen LogP contribution in [0.4, 0.5) is 0 Å². The van der Waals surface area contributed by atoms with Gasteiger partial charge in [-0.2, -0.15) is 0 Å². The van der Waals surface area contributed by atoms with Gasteiger partial charge in [0, 0.05) is 41.5 Å². The predicted octanol–water partition coefficient (Wildman–Crippen LogP) is -1.84. The third-order valence-electron chi connectivity index (χ3n) is 0. The number of rotatable bonds is 0. The van der Waals surface area contributed by atoms with E-state index >= 15 is 0 Å². The average molecular weight is 642 g/mol. The summed E-state index contributed by atoms with van der Waals surface area (Å²) in [5.41, 5.74) is 0. The zero-order chi connectivity index (χ0) is 0. The normalized spacial score (nSPS) is 0. The van der Waals surface area contributed by atoms with E-state index in [0.717, 1.165) is 0 Å². The first-order valence-corrected chi connectivity index (χ1v) is 0. The molecule has 0 saturated carbocycles. The van der Waals surface area contributed by atoms with E-state index in [1.54, 1.807) is 0 Å². The van der Waals surface area contributed by atoms with E-state index in [-0.39, 0.29) is 91.4 Å². The number of hydrogen-bond donors (Lipinski definition) is 0. The van der Waals surface area contributed by atoms with Gasteiger partial charge in [-0.15, -0.1) is 0 Å². The van der Waals surface area contributed by atoms with Gasteiger partial charge in [-0.05, 0) is 0 Å². The molecule has 0 aromatic heterocycles. The zero-order valence-corrected chi connectivity index (χ0v) is 13.7. The fourth-order valence-electron chi connectivity index (χ4n) is 0. The molecule has 0 aliphatic heterocycles. The van der Waals surface area contributed by atoms with Gasteiger partial charge in [0.2, 0.25) is 0 Å². The molecule has 0 aromatic carbocycles. The summed E-state index contributed by atoms with van der Waals surface area (Å²) in [6, 6.07) is 0. The van der Waals surface area contributed by atoms with Crippen molar-refractivity contribution in [2.24, 2.45) is 0 Å². The van der Waals surface area contributed by atoms with Crippen molar-refractivity contribution in [1.29, 1.82) is 0 Å².